The van der Waals surface area contributed by atoms with Gasteiger partial charge in [-0.2, -0.15) is 4.33 Å². The van der Waals surface area contributed by atoms with Gasteiger partial charge >= 0.3 is 5.97 Å². The molecule has 2 rings (SSSR count). The van der Waals surface area contributed by atoms with Crippen LogP contribution in [0.5, 0.6) is 5.75 Å². The first-order chi connectivity index (χ1) is 21.8. The predicted molar refractivity (Wildman–Crippen MR) is 181 cm³/mol. The van der Waals surface area contributed by atoms with Crippen LogP contribution in [0.1, 0.15) is 63.5 Å². The van der Waals surface area contributed by atoms with E-state index in [4.69, 9.17) is 14.0 Å². The van der Waals surface area contributed by atoms with Gasteiger partial charge in [0, 0.05) is 31.6 Å². The molecular weight excluding hydrogens is 634 g/mol. The molecule has 0 heterocycles. The summed E-state index contributed by atoms with van der Waals surface area (Å²) in [7, 11) is 2.86. The van der Waals surface area contributed by atoms with Crippen molar-refractivity contribution in [2.75, 3.05) is 26.5 Å². The second kappa shape index (κ2) is 24.3. The molecule has 1 unspecified atom stereocenters. The first-order valence-corrected chi connectivity index (χ1v) is 16.4. The van der Waals surface area contributed by atoms with E-state index in [0.29, 0.717) is 13.0 Å². The van der Waals surface area contributed by atoms with E-state index in [-0.39, 0.29) is 43.7 Å². The third-order valence-corrected chi connectivity index (χ3v) is 7.67. The molecule has 0 fully saturated rings. The smallest absolute Gasteiger partial charge is 0.306 e. The van der Waals surface area contributed by atoms with Gasteiger partial charge in [-0.1, -0.05) is 69.2 Å². The second-order valence-electron chi connectivity index (χ2n) is 10.7. The lowest BCUT2D eigenvalue weighted by Gasteiger charge is -2.27. The van der Waals surface area contributed by atoms with Crippen LogP contribution in [0.25, 0.3) is 0 Å². The quantitative estimate of drug-likeness (QED) is 0.0440. The minimum absolute atomic E-state index is 0. The summed E-state index contributed by atoms with van der Waals surface area (Å²) in [6.07, 6.45) is 2.65. The second-order valence-corrected chi connectivity index (χ2v) is 11.4. The van der Waals surface area contributed by atoms with Crippen molar-refractivity contribution in [2.45, 2.75) is 89.6 Å². The van der Waals surface area contributed by atoms with Crippen molar-refractivity contribution in [1.82, 2.24) is 16.0 Å². The molecule has 0 aliphatic rings. The predicted octanol–water partition coefficient (Wildman–Crippen LogP) is 4.30. The molecule has 46 heavy (non-hydrogen) atoms. The Balaban J connectivity index is 0.0000106. The normalized spacial score (nSPS) is 12.8. The van der Waals surface area contributed by atoms with E-state index in [1.807, 2.05) is 54.6 Å². The highest BCUT2D eigenvalue weighted by Gasteiger charge is 2.28. The number of aliphatic hydroxyl groups excluding tert-OH is 1. The molecule has 4 N–H and O–H groups in total. The average molecular weight is 684 g/mol. The van der Waals surface area contributed by atoms with E-state index in [1.165, 1.54) is 7.11 Å². The Labute approximate surface area is 283 Å². The number of benzene rings is 2. The van der Waals surface area contributed by atoms with Crippen molar-refractivity contribution < 1.29 is 38.2 Å². The zero-order valence-corrected chi connectivity index (χ0v) is 28.8. The van der Waals surface area contributed by atoms with Crippen molar-refractivity contribution in [3.63, 3.8) is 0 Å². The third kappa shape index (κ3) is 16.6. The lowest BCUT2D eigenvalue weighted by Crippen LogP contribution is -2.55. The van der Waals surface area contributed by atoms with Crippen LogP contribution in [-0.4, -0.2) is 73.7 Å². The van der Waals surface area contributed by atoms with Gasteiger partial charge in [0.25, 0.3) is 0 Å². The van der Waals surface area contributed by atoms with E-state index in [1.54, 1.807) is 7.11 Å². The molecule has 3 atom stereocenters. The Morgan fingerprint density at radius 1 is 0.913 bits per heavy atom. The summed E-state index contributed by atoms with van der Waals surface area (Å²) in [6, 6.07) is 15.5. The first-order valence-electron chi connectivity index (χ1n) is 15.5. The molecule has 13 heteroatoms. The van der Waals surface area contributed by atoms with E-state index in [9.17, 15) is 19.5 Å². The Hall–Kier alpha value is -2.87. The summed E-state index contributed by atoms with van der Waals surface area (Å²) >= 11 is 0.920. The van der Waals surface area contributed by atoms with Gasteiger partial charge in [-0.25, -0.2) is 4.89 Å². The number of ether oxygens (including phenoxy) is 2. The SMILES string of the molecule is CCCC(CCC)OOSCC(NC(=O)CCC(=O)OC)C(=O)N[C@@H](Cc1ccccc1)[C@H](O)CNCc1cccc(OC)c1.Cl. The molecule has 0 saturated heterocycles. The molecule has 11 nitrogen and oxygen atoms in total. The minimum atomic E-state index is -1.02. The van der Waals surface area contributed by atoms with Crippen LogP contribution >= 0.6 is 24.4 Å². The number of methoxy groups -OCH3 is 2. The molecular formula is C33H50ClN3O8S. The Bertz CT molecular complexity index is 1140. The maximum Gasteiger partial charge on any atom is 0.306 e. The highest BCUT2D eigenvalue weighted by molar-refractivity contribution is 7.94. The van der Waals surface area contributed by atoms with Crippen LogP contribution in [-0.2, 0) is 41.3 Å². The molecule has 2 aromatic carbocycles. The van der Waals surface area contributed by atoms with Crippen molar-refractivity contribution in [1.29, 1.82) is 0 Å². The molecule has 258 valence electrons. The molecule has 0 saturated carbocycles. The Kier molecular flexibility index (Phi) is 21.8. The number of aliphatic hydroxyl groups is 1. The molecule has 0 aliphatic carbocycles. The van der Waals surface area contributed by atoms with Crippen LogP contribution in [0.3, 0.4) is 0 Å². The lowest BCUT2D eigenvalue weighted by molar-refractivity contribution is -0.234. The summed E-state index contributed by atoms with van der Waals surface area (Å²) in [5.74, 6) is -0.728. The number of hydrogen-bond donors (Lipinski definition) is 4. The molecule has 0 spiro atoms. The van der Waals surface area contributed by atoms with Gasteiger partial charge in [-0.05, 0) is 42.5 Å². The largest absolute Gasteiger partial charge is 0.497 e. The summed E-state index contributed by atoms with van der Waals surface area (Å²) < 4.78 is 15.3. The number of halogens is 1. The zero-order valence-electron chi connectivity index (χ0n) is 27.2. The van der Waals surface area contributed by atoms with E-state index < -0.39 is 36.0 Å². The zero-order chi connectivity index (χ0) is 32.9. The number of esters is 1. The van der Waals surface area contributed by atoms with Crippen molar-refractivity contribution in [2.24, 2.45) is 0 Å². The van der Waals surface area contributed by atoms with Gasteiger partial charge in [0.1, 0.15) is 11.8 Å². The summed E-state index contributed by atoms with van der Waals surface area (Å²) in [6.45, 7) is 4.83. The fraction of sp³-hybridized carbons (Fsp3) is 0.545. The van der Waals surface area contributed by atoms with Crippen LogP contribution in [0.15, 0.2) is 54.6 Å². The van der Waals surface area contributed by atoms with Gasteiger partial charge in [0.15, 0.2) is 0 Å². The van der Waals surface area contributed by atoms with E-state index in [2.05, 4.69) is 34.5 Å². The summed E-state index contributed by atoms with van der Waals surface area (Å²) in [5.41, 5.74) is 1.91. The summed E-state index contributed by atoms with van der Waals surface area (Å²) in [4.78, 5) is 43.4. The maximum absolute atomic E-state index is 13.6. The van der Waals surface area contributed by atoms with Gasteiger partial charge in [-0.3, -0.25) is 14.4 Å². The summed E-state index contributed by atoms with van der Waals surface area (Å²) in [5, 5.41) is 20.1. The molecule has 0 aliphatic heterocycles. The minimum Gasteiger partial charge on any atom is -0.497 e. The first kappa shape index (κ1) is 41.2. The molecule has 0 aromatic heterocycles. The number of carbonyl (C=O) groups excluding carboxylic acids is 3. The fourth-order valence-corrected chi connectivity index (χ4v) is 5.15. The van der Waals surface area contributed by atoms with Gasteiger partial charge in [0.2, 0.25) is 11.8 Å². The van der Waals surface area contributed by atoms with Gasteiger partial charge in [0.05, 0.1) is 44.6 Å². The standard InChI is InChI=1S/C33H49N3O8S.ClH/c1-5-11-26(12-6-2)43-44-45-23-29(35-31(38)17-18-32(39)42-4)33(40)36-28(20-24-13-8-7-9-14-24)30(37)22-34-21-25-15-10-16-27(19-25)41-3;/h7-10,13-16,19,26,28-30,34,37H,5-6,11-12,17-18,20-23H2,1-4H3,(H,35,38)(H,36,40);1H/t28-,29?,30+;/m0./s1. The maximum atomic E-state index is 13.6. The van der Waals surface area contributed by atoms with E-state index >= 15 is 0 Å². The van der Waals surface area contributed by atoms with E-state index in [0.717, 1.165) is 54.6 Å². The Morgan fingerprint density at radius 3 is 2.26 bits per heavy atom. The monoisotopic (exact) mass is 683 g/mol. The molecule has 2 aromatic rings. The van der Waals surface area contributed by atoms with Crippen molar-refractivity contribution in [3.8, 4) is 5.75 Å². The lowest BCUT2D eigenvalue weighted by atomic mass is 10.0. The van der Waals surface area contributed by atoms with Crippen molar-refractivity contribution >= 4 is 42.2 Å². The number of rotatable bonds is 23. The fourth-order valence-electron chi connectivity index (χ4n) is 4.55. The Morgan fingerprint density at radius 2 is 1.61 bits per heavy atom. The topological polar surface area (TPSA) is 144 Å². The number of amides is 2. The molecule has 2 amide bonds. The molecule has 0 radical (unpaired) electrons. The van der Waals surface area contributed by atoms with Crippen LogP contribution in [0.2, 0.25) is 0 Å². The highest BCUT2D eigenvalue weighted by Crippen LogP contribution is 2.16. The van der Waals surface area contributed by atoms with Crippen molar-refractivity contribution in [3.05, 3.63) is 65.7 Å². The number of nitrogens with one attached hydrogen (secondary N) is 3. The van der Waals surface area contributed by atoms with Crippen LogP contribution in [0, 0.1) is 0 Å². The molecule has 0 bridgehead atoms. The van der Waals surface area contributed by atoms with Crippen LogP contribution < -0.4 is 20.7 Å². The van der Waals surface area contributed by atoms with Crippen LogP contribution in [0.4, 0.5) is 0 Å². The third-order valence-electron chi connectivity index (χ3n) is 7.02. The number of hydrogen-bond acceptors (Lipinski definition) is 10. The average Bonchev–Trinajstić information content (AvgIpc) is 3.05. The van der Waals surface area contributed by atoms with Gasteiger partial charge in [-0.15, -0.1) is 12.4 Å². The number of carbonyl (C=O) groups is 3. The van der Waals surface area contributed by atoms with Gasteiger partial charge < -0.3 is 30.5 Å². The highest BCUT2D eigenvalue weighted by atomic mass is 35.5.